The highest BCUT2D eigenvalue weighted by Crippen LogP contribution is 2.47. The van der Waals surface area contributed by atoms with Crippen molar-refractivity contribution in [2.24, 2.45) is 0 Å². The number of aryl methyl sites for hydroxylation is 2. The normalized spacial score (nSPS) is 22.7. The largest absolute Gasteiger partial charge is 0.507 e. The Bertz CT molecular complexity index is 814. The van der Waals surface area contributed by atoms with Crippen LogP contribution in [0.2, 0.25) is 0 Å². The highest BCUT2D eigenvalue weighted by molar-refractivity contribution is 9.10. The molecule has 0 radical (unpaired) electrons. The number of phenolic OH excluding ortho intramolecular Hbond substituents is 1. The van der Waals surface area contributed by atoms with Crippen molar-refractivity contribution in [2.75, 3.05) is 6.54 Å². The van der Waals surface area contributed by atoms with Crippen molar-refractivity contribution in [3.63, 3.8) is 0 Å². The summed E-state index contributed by atoms with van der Waals surface area (Å²) >= 11 is 3.48. The summed E-state index contributed by atoms with van der Waals surface area (Å²) in [5.41, 5.74) is 8.46. The van der Waals surface area contributed by atoms with E-state index < -0.39 is 0 Å². The van der Waals surface area contributed by atoms with E-state index in [1.165, 1.54) is 39.8 Å². The average molecular weight is 386 g/mol. The molecule has 0 unspecified atom stereocenters. The molecule has 4 rings (SSSR count). The first-order valence-corrected chi connectivity index (χ1v) is 9.64. The van der Waals surface area contributed by atoms with E-state index in [1.807, 2.05) is 6.07 Å². The molecule has 2 aromatic rings. The number of hydrogen-bond donors (Lipinski definition) is 1. The third kappa shape index (κ3) is 2.33. The molecule has 1 aliphatic heterocycles. The van der Waals surface area contributed by atoms with E-state index in [4.69, 9.17) is 0 Å². The Morgan fingerprint density at radius 2 is 2.00 bits per heavy atom. The summed E-state index contributed by atoms with van der Waals surface area (Å²) in [6, 6.07) is 9.25. The maximum absolute atomic E-state index is 10.3. The number of phenols is 1. The molecule has 0 fully saturated rings. The van der Waals surface area contributed by atoms with Crippen LogP contribution in [0.5, 0.6) is 5.75 Å². The zero-order valence-electron chi connectivity index (χ0n) is 14.6. The zero-order valence-corrected chi connectivity index (χ0v) is 16.2. The fourth-order valence-corrected chi connectivity index (χ4v) is 5.02. The van der Waals surface area contributed by atoms with Crippen LogP contribution in [-0.4, -0.2) is 22.6 Å². The maximum atomic E-state index is 10.3. The summed E-state index contributed by atoms with van der Waals surface area (Å²) in [5.74, 6) is 0.726. The highest BCUT2D eigenvalue weighted by atomic mass is 79.9. The number of aromatic hydroxyl groups is 1. The van der Waals surface area contributed by atoms with Gasteiger partial charge in [0.25, 0.3) is 0 Å². The van der Waals surface area contributed by atoms with Crippen LogP contribution >= 0.6 is 15.9 Å². The van der Waals surface area contributed by atoms with Crippen LogP contribution in [-0.2, 0) is 13.0 Å². The van der Waals surface area contributed by atoms with Crippen molar-refractivity contribution in [3.05, 3.63) is 62.1 Å². The topological polar surface area (TPSA) is 23.5 Å². The van der Waals surface area contributed by atoms with Crippen LogP contribution in [0.1, 0.15) is 52.6 Å². The van der Waals surface area contributed by atoms with Gasteiger partial charge in [0.2, 0.25) is 0 Å². The second-order valence-corrected chi connectivity index (χ2v) is 8.08. The summed E-state index contributed by atoms with van der Waals surface area (Å²) in [6.07, 6.45) is 2.28. The van der Waals surface area contributed by atoms with Crippen molar-refractivity contribution in [3.8, 4) is 5.75 Å². The Morgan fingerprint density at radius 1 is 1.21 bits per heavy atom. The third-order valence-electron chi connectivity index (χ3n) is 6.11. The Morgan fingerprint density at radius 3 is 2.75 bits per heavy atom. The number of likely N-dealkylation sites (N-methyl/N-ethyl adjacent to an activating group) is 1. The monoisotopic (exact) mass is 385 g/mol. The molecule has 0 spiro atoms. The van der Waals surface area contributed by atoms with E-state index in [1.54, 1.807) is 0 Å². The van der Waals surface area contributed by atoms with Crippen LogP contribution in [0.15, 0.2) is 28.7 Å². The number of fused-ring (bicyclic) bond motifs is 5. The van der Waals surface area contributed by atoms with E-state index in [2.05, 4.69) is 59.8 Å². The molecule has 2 aromatic carbocycles. The number of nitrogens with zero attached hydrogens (tertiary/aromatic N) is 1. The number of hydrogen-bond acceptors (Lipinski definition) is 2. The van der Waals surface area contributed by atoms with Gasteiger partial charge in [-0.3, -0.25) is 4.90 Å². The van der Waals surface area contributed by atoms with Crippen LogP contribution in [0.4, 0.5) is 0 Å². The van der Waals surface area contributed by atoms with Gasteiger partial charge < -0.3 is 5.11 Å². The Balaban J connectivity index is 1.95. The predicted molar refractivity (Wildman–Crippen MR) is 102 cm³/mol. The smallest absolute Gasteiger partial charge is 0.130 e. The molecule has 0 saturated heterocycles. The lowest BCUT2D eigenvalue weighted by atomic mass is 9.70. The van der Waals surface area contributed by atoms with Gasteiger partial charge in [0.05, 0.1) is 4.47 Å². The first-order valence-electron chi connectivity index (χ1n) is 8.85. The molecule has 0 bridgehead atoms. The van der Waals surface area contributed by atoms with Crippen LogP contribution < -0.4 is 0 Å². The molecule has 24 heavy (non-hydrogen) atoms. The van der Waals surface area contributed by atoms with Crippen LogP contribution in [0.25, 0.3) is 0 Å². The summed E-state index contributed by atoms with van der Waals surface area (Å²) in [6.45, 7) is 8.85. The molecule has 0 amide bonds. The summed E-state index contributed by atoms with van der Waals surface area (Å²) in [4.78, 5) is 2.63. The van der Waals surface area contributed by atoms with E-state index in [0.717, 1.165) is 24.0 Å². The molecule has 2 atom stereocenters. The van der Waals surface area contributed by atoms with Crippen molar-refractivity contribution in [1.82, 2.24) is 4.90 Å². The molecule has 0 aromatic heterocycles. The molecule has 1 heterocycles. The summed E-state index contributed by atoms with van der Waals surface area (Å²) < 4.78 is 0.808. The molecular formula is C21H24BrNO. The number of benzene rings is 2. The Labute approximate surface area is 152 Å². The second-order valence-electron chi connectivity index (χ2n) is 7.22. The quantitative estimate of drug-likeness (QED) is 0.741. The van der Waals surface area contributed by atoms with Gasteiger partial charge >= 0.3 is 0 Å². The van der Waals surface area contributed by atoms with Gasteiger partial charge in [-0.15, -0.1) is 0 Å². The van der Waals surface area contributed by atoms with Gasteiger partial charge in [0.15, 0.2) is 0 Å². The van der Waals surface area contributed by atoms with Crippen molar-refractivity contribution in [2.45, 2.75) is 52.1 Å². The minimum atomic E-state index is 0.355. The predicted octanol–water partition coefficient (Wildman–Crippen LogP) is 5.05. The molecule has 2 aliphatic rings. The Hall–Kier alpha value is -1.32. The first-order chi connectivity index (χ1) is 11.5. The van der Waals surface area contributed by atoms with Crippen LogP contribution in [0.3, 0.4) is 0 Å². The minimum absolute atomic E-state index is 0.355. The molecule has 0 saturated carbocycles. The van der Waals surface area contributed by atoms with E-state index in [9.17, 15) is 5.11 Å². The maximum Gasteiger partial charge on any atom is 0.130 e. The molecule has 1 N–H and O–H groups in total. The third-order valence-corrected chi connectivity index (χ3v) is 6.75. The molecule has 1 aliphatic carbocycles. The molecule has 3 heteroatoms. The SMILES string of the molecule is CCN1Cc2c(ccc(C)c2C)[C@@H]2c3cc(O)c(Br)cc3CC[C@H]21. The number of halogens is 1. The first kappa shape index (κ1) is 16.2. The average Bonchev–Trinajstić information content (AvgIpc) is 2.58. The molecule has 126 valence electrons. The van der Waals surface area contributed by atoms with Crippen molar-refractivity contribution >= 4 is 15.9 Å². The van der Waals surface area contributed by atoms with E-state index >= 15 is 0 Å². The fraction of sp³-hybridized carbons (Fsp3) is 0.429. The summed E-state index contributed by atoms with van der Waals surface area (Å²) in [7, 11) is 0. The minimum Gasteiger partial charge on any atom is -0.507 e. The van der Waals surface area contributed by atoms with E-state index in [-0.39, 0.29) is 0 Å². The zero-order chi connectivity index (χ0) is 17.0. The van der Waals surface area contributed by atoms with Crippen molar-refractivity contribution in [1.29, 1.82) is 0 Å². The van der Waals surface area contributed by atoms with Crippen LogP contribution in [0, 0.1) is 13.8 Å². The lowest BCUT2D eigenvalue weighted by Crippen LogP contribution is -2.46. The standard InChI is InChI=1S/C21H24BrNO/c1-4-23-11-17-13(3)12(2)5-7-15(17)21-16-10-20(24)18(22)9-14(16)6-8-19(21)23/h5,7,9-10,19,21,24H,4,6,8,11H2,1-3H3/t19-,21-/m1/s1. The van der Waals surface area contributed by atoms with Gasteiger partial charge in [-0.1, -0.05) is 19.1 Å². The van der Waals surface area contributed by atoms with Gasteiger partial charge in [0.1, 0.15) is 5.75 Å². The lowest BCUT2D eigenvalue weighted by molar-refractivity contribution is 0.148. The molecular weight excluding hydrogens is 362 g/mol. The van der Waals surface area contributed by atoms with Gasteiger partial charge in [-0.25, -0.2) is 0 Å². The number of rotatable bonds is 1. The van der Waals surface area contributed by atoms with Gasteiger partial charge in [-0.05, 0) is 94.7 Å². The van der Waals surface area contributed by atoms with Gasteiger partial charge in [0, 0.05) is 18.5 Å². The fourth-order valence-electron chi connectivity index (χ4n) is 4.63. The van der Waals surface area contributed by atoms with Crippen molar-refractivity contribution < 1.29 is 5.11 Å². The second kappa shape index (κ2) is 5.89. The Kier molecular flexibility index (Phi) is 3.97. The molecule has 2 nitrogen and oxygen atoms in total. The summed E-state index contributed by atoms with van der Waals surface area (Å²) in [5, 5.41) is 10.3. The van der Waals surface area contributed by atoms with Gasteiger partial charge in [-0.2, -0.15) is 0 Å². The lowest BCUT2D eigenvalue weighted by Gasteiger charge is -2.46. The highest BCUT2D eigenvalue weighted by Gasteiger charge is 2.39. The van der Waals surface area contributed by atoms with E-state index in [0.29, 0.717) is 17.7 Å².